The molecule has 6 nitrogen and oxygen atoms in total. The van der Waals surface area contributed by atoms with Crippen LogP contribution in [0, 0.1) is 0 Å². The van der Waals surface area contributed by atoms with Crippen LogP contribution >= 0.6 is 0 Å². The van der Waals surface area contributed by atoms with Crippen LogP contribution in [0.5, 0.6) is 0 Å². The molecule has 2 heterocycles. The van der Waals surface area contributed by atoms with Crippen LogP contribution in [0.2, 0.25) is 0 Å². The molecule has 0 aliphatic carbocycles. The minimum atomic E-state index is 0.986. The van der Waals surface area contributed by atoms with Gasteiger partial charge >= 0.3 is 0 Å². The van der Waals surface area contributed by atoms with Gasteiger partial charge in [-0.05, 0) is 82.4 Å². The first-order chi connectivity index (χ1) is 17.6. The summed E-state index contributed by atoms with van der Waals surface area (Å²) in [5.41, 5.74) is 5.99. The number of hydrogen-bond donors (Lipinski definition) is 3. The van der Waals surface area contributed by atoms with Gasteiger partial charge in [0.05, 0.1) is 16.3 Å². The average molecular weight is 490 g/mol. The van der Waals surface area contributed by atoms with Gasteiger partial charge in [-0.3, -0.25) is 0 Å². The number of rotatable bonds is 14. The quantitative estimate of drug-likeness (QED) is 0.160. The van der Waals surface area contributed by atoms with Crippen LogP contribution in [0.25, 0.3) is 32.7 Å². The van der Waals surface area contributed by atoms with Gasteiger partial charge in [-0.25, -0.2) is 4.57 Å². The first-order valence-corrected chi connectivity index (χ1v) is 13.9. The molecule has 2 aromatic carbocycles. The maximum absolute atomic E-state index is 3.74. The summed E-state index contributed by atoms with van der Waals surface area (Å²) in [5, 5.41) is 11.1. The standard InChI is InChI=1S/C30H44N6/c1-6-35(7-2)18-10-16-31-23-13-15-29-26(20-23)30-27(22-34(29)5)25-14-12-24(21-28(25)33-30)32-17-11-19-36(8-3)9-4/h12-15,20-22,31-32H,6-11,16-19H2,1-5H3/p+1. The number of fused-ring (bicyclic) bond motifs is 5. The Morgan fingerprint density at radius 2 is 1.31 bits per heavy atom. The van der Waals surface area contributed by atoms with Crippen molar-refractivity contribution in [3.63, 3.8) is 0 Å². The van der Waals surface area contributed by atoms with E-state index in [0.29, 0.717) is 0 Å². The van der Waals surface area contributed by atoms with Gasteiger partial charge in [-0.1, -0.05) is 27.7 Å². The van der Waals surface area contributed by atoms with Crippen LogP contribution in [0.3, 0.4) is 0 Å². The van der Waals surface area contributed by atoms with Crippen molar-refractivity contribution in [2.24, 2.45) is 7.05 Å². The lowest BCUT2D eigenvalue weighted by atomic mass is 10.1. The summed E-state index contributed by atoms with van der Waals surface area (Å²) >= 11 is 0. The zero-order chi connectivity index (χ0) is 25.5. The number of anilines is 2. The van der Waals surface area contributed by atoms with Gasteiger partial charge in [0.1, 0.15) is 7.05 Å². The number of aryl methyl sites for hydroxylation is 1. The monoisotopic (exact) mass is 489 g/mol. The second-order valence-electron chi connectivity index (χ2n) is 9.76. The summed E-state index contributed by atoms with van der Waals surface area (Å²) in [4.78, 5) is 8.69. The molecule has 0 saturated heterocycles. The van der Waals surface area contributed by atoms with E-state index >= 15 is 0 Å². The van der Waals surface area contributed by atoms with Crippen molar-refractivity contribution in [1.29, 1.82) is 0 Å². The molecular weight excluding hydrogens is 444 g/mol. The van der Waals surface area contributed by atoms with Crippen molar-refractivity contribution < 1.29 is 4.57 Å². The molecule has 0 amide bonds. The highest BCUT2D eigenvalue weighted by Gasteiger charge is 2.16. The Hall–Kier alpha value is -2.83. The molecule has 4 rings (SSSR count). The predicted molar refractivity (Wildman–Crippen MR) is 156 cm³/mol. The third kappa shape index (κ3) is 5.93. The number of nitrogens with zero attached hydrogens (tertiary/aromatic N) is 3. The summed E-state index contributed by atoms with van der Waals surface area (Å²) in [6.07, 6.45) is 4.55. The van der Waals surface area contributed by atoms with E-state index in [2.05, 4.69) is 107 Å². The Labute approximate surface area is 216 Å². The van der Waals surface area contributed by atoms with Crippen LogP contribution in [0.15, 0.2) is 42.6 Å². The lowest BCUT2D eigenvalue weighted by Gasteiger charge is -2.18. The van der Waals surface area contributed by atoms with Crippen molar-refractivity contribution >= 4 is 44.1 Å². The van der Waals surface area contributed by atoms with Crippen LogP contribution in [-0.4, -0.2) is 67.1 Å². The molecule has 0 radical (unpaired) electrons. The van der Waals surface area contributed by atoms with Crippen molar-refractivity contribution in [1.82, 2.24) is 14.8 Å². The molecule has 2 aromatic heterocycles. The van der Waals surface area contributed by atoms with E-state index < -0.39 is 0 Å². The highest BCUT2D eigenvalue weighted by Crippen LogP contribution is 2.32. The van der Waals surface area contributed by atoms with Crippen molar-refractivity contribution in [3.8, 4) is 0 Å². The van der Waals surface area contributed by atoms with Gasteiger partial charge in [0.15, 0.2) is 6.20 Å². The van der Waals surface area contributed by atoms with Gasteiger partial charge in [-0.15, -0.1) is 0 Å². The largest absolute Gasteiger partial charge is 0.385 e. The number of aromatic amines is 1. The van der Waals surface area contributed by atoms with E-state index in [1.54, 1.807) is 0 Å². The second kappa shape index (κ2) is 12.4. The predicted octanol–water partition coefficient (Wildman–Crippen LogP) is 5.59. The molecule has 194 valence electrons. The lowest BCUT2D eigenvalue weighted by molar-refractivity contribution is -0.643. The van der Waals surface area contributed by atoms with E-state index in [-0.39, 0.29) is 0 Å². The maximum atomic E-state index is 3.74. The summed E-state index contributed by atoms with van der Waals surface area (Å²) in [7, 11) is 2.14. The zero-order valence-corrected chi connectivity index (χ0v) is 23.0. The van der Waals surface area contributed by atoms with Gasteiger partial charge in [0, 0.05) is 41.4 Å². The van der Waals surface area contributed by atoms with E-state index in [1.165, 1.54) is 44.1 Å². The summed E-state index contributed by atoms with van der Waals surface area (Å²) in [6, 6.07) is 13.5. The number of H-pyrrole nitrogens is 1. The Kier molecular flexibility index (Phi) is 9.05. The van der Waals surface area contributed by atoms with Gasteiger partial charge in [0.25, 0.3) is 0 Å². The molecule has 0 aliphatic heterocycles. The summed E-state index contributed by atoms with van der Waals surface area (Å²) in [6.45, 7) is 17.7. The molecule has 0 aliphatic rings. The molecule has 0 atom stereocenters. The number of pyridine rings is 1. The number of hydrogen-bond acceptors (Lipinski definition) is 4. The Bertz CT molecular complexity index is 1270. The third-order valence-electron chi connectivity index (χ3n) is 7.56. The average Bonchev–Trinajstić information content (AvgIpc) is 3.26. The van der Waals surface area contributed by atoms with Gasteiger partial charge in [-0.2, -0.15) is 0 Å². The molecule has 3 N–H and O–H groups in total. The summed E-state index contributed by atoms with van der Waals surface area (Å²) in [5.74, 6) is 0. The smallest absolute Gasteiger partial charge is 0.214 e. The fourth-order valence-corrected chi connectivity index (χ4v) is 5.24. The fourth-order valence-electron chi connectivity index (χ4n) is 5.24. The lowest BCUT2D eigenvalue weighted by Crippen LogP contribution is -2.28. The third-order valence-corrected chi connectivity index (χ3v) is 7.56. The molecule has 4 aromatic rings. The Balaban J connectivity index is 1.53. The number of aromatic nitrogens is 2. The van der Waals surface area contributed by atoms with Crippen molar-refractivity contribution in [2.45, 2.75) is 40.5 Å². The zero-order valence-electron chi connectivity index (χ0n) is 23.0. The van der Waals surface area contributed by atoms with Gasteiger partial charge in [0.2, 0.25) is 5.52 Å². The molecule has 0 saturated carbocycles. The molecule has 36 heavy (non-hydrogen) atoms. The first kappa shape index (κ1) is 26.2. The Morgan fingerprint density at radius 3 is 1.92 bits per heavy atom. The topological polar surface area (TPSA) is 50.2 Å². The van der Waals surface area contributed by atoms with E-state index in [0.717, 1.165) is 65.2 Å². The Morgan fingerprint density at radius 1 is 0.722 bits per heavy atom. The first-order valence-electron chi connectivity index (χ1n) is 13.9. The SMILES string of the molecule is CCN(CC)CCCNc1ccc2c(c1)[nH]c1c2c[n+](C)c2ccc(NCCCN(CC)CC)cc12. The normalized spacial score (nSPS) is 12.0. The van der Waals surface area contributed by atoms with Crippen molar-refractivity contribution in [3.05, 3.63) is 42.6 Å². The molecule has 0 unspecified atom stereocenters. The van der Waals surface area contributed by atoms with Crippen LogP contribution in [0.1, 0.15) is 40.5 Å². The number of nitrogens with one attached hydrogen (secondary N) is 3. The molecule has 0 fully saturated rings. The molecular formula is C30H45N6+. The van der Waals surface area contributed by atoms with Crippen molar-refractivity contribution in [2.75, 3.05) is 63.0 Å². The van der Waals surface area contributed by atoms with E-state index in [1.807, 2.05) is 0 Å². The maximum Gasteiger partial charge on any atom is 0.214 e. The highest BCUT2D eigenvalue weighted by atomic mass is 15.1. The second-order valence-corrected chi connectivity index (χ2v) is 9.76. The summed E-state index contributed by atoms with van der Waals surface area (Å²) < 4.78 is 2.24. The number of benzene rings is 2. The van der Waals surface area contributed by atoms with Crippen LogP contribution in [0.4, 0.5) is 11.4 Å². The molecule has 0 bridgehead atoms. The fraction of sp³-hybridized carbons (Fsp3) is 0.500. The minimum absolute atomic E-state index is 0.986. The minimum Gasteiger partial charge on any atom is -0.385 e. The highest BCUT2D eigenvalue weighted by molar-refractivity contribution is 6.15. The van der Waals surface area contributed by atoms with E-state index in [4.69, 9.17) is 0 Å². The van der Waals surface area contributed by atoms with E-state index in [9.17, 15) is 0 Å². The molecule has 0 spiro atoms. The molecule has 6 heteroatoms. The van der Waals surface area contributed by atoms with Crippen LogP contribution < -0.4 is 15.2 Å². The van der Waals surface area contributed by atoms with Crippen LogP contribution in [-0.2, 0) is 7.05 Å². The van der Waals surface area contributed by atoms with Gasteiger partial charge < -0.3 is 25.4 Å².